The first-order valence-corrected chi connectivity index (χ1v) is 8.94. The average Bonchev–Trinajstić information content (AvgIpc) is 3.01. The van der Waals surface area contributed by atoms with E-state index in [1.165, 1.54) is 12.1 Å². The summed E-state index contributed by atoms with van der Waals surface area (Å²) >= 11 is 0. The van der Waals surface area contributed by atoms with E-state index in [1.54, 1.807) is 17.9 Å². The summed E-state index contributed by atoms with van der Waals surface area (Å²) in [6.07, 6.45) is 2.33. The molecule has 1 heterocycles. The minimum atomic E-state index is -3.66. The van der Waals surface area contributed by atoms with Gasteiger partial charge in [-0.05, 0) is 43.9 Å². The van der Waals surface area contributed by atoms with Gasteiger partial charge >= 0.3 is 0 Å². The molecular weight excluding hydrogens is 304 g/mol. The third-order valence-electron chi connectivity index (χ3n) is 3.77. The van der Waals surface area contributed by atoms with Crippen molar-refractivity contribution in [3.63, 3.8) is 0 Å². The van der Waals surface area contributed by atoms with Crippen LogP contribution in [0.4, 0.5) is 0 Å². The molecule has 0 atom stereocenters. The highest BCUT2D eigenvalue weighted by molar-refractivity contribution is 7.89. The van der Waals surface area contributed by atoms with Crippen LogP contribution in [-0.4, -0.2) is 50.6 Å². The Balaban J connectivity index is 2.24. The summed E-state index contributed by atoms with van der Waals surface area (Å²) in [7, 11) is -3.66. The number of carbonyl (C=O) groups is 1. The number of likely N-dealkylation sites (tertiary alicyclic amines) is 1. The molecule has 0 radical (unpaired) electrons. The summed E-state index contributed by atoms with van der Waals surface area (Å²) in [6.45, 7) is 3.35. The van der Waals surface area contributed by atoms with Crippen molar-refractivity contribution in [1.82, 2.24) is 9.62 Å². The van der Waals surface area contributed by atoms with Gasteiger partial charge in [-0.1, -0.05) is 6.07 Å². The van der Waals surface area contributed by atoms with Gasteiger partial charge in [0.25, 0.3) is 5.91 Å². The molecule has 0 aromatic heterocycles. The maximum atomic E-state index is 12.5. The van der Waals surface area contributed by atoms with Gasteiger partial charge in [-0.15, -0.1) is 0 Å². The van der Waals surface area contributed by atoms with E-state index in [2.05, 4.69) is 4.72 Å². The smallest absolute Gasteiger partial charge is 0.254 e. The Labute approximate surface area is 131 Å². The van der Waals surface area contributed by atoms with Crippen LogP contribution in [0.3, 0.4) is 0 Å². The Bertz CT molecular complexity index is 637. The molecular formula is C15H22N2O4S. The number of nitrogens with one attached hydrogen (secondary N) is 1. The van der Waals surface area contributed by atoms with E-state index >= 15 is 0 Å². The molecule has 1 aliphatic rings. The van der Waals surface area contributed by atoms with Crippen LogP contribution in [0, 0.1) is 6.92 Å². The molecule has 1 saturated heterocycles. The van der Waals surface area contributed by atoms with Gasteiger partial charge in [0.15, 0.2) is 0 Å². The zero-order chi connectivity index (χ0) is 16.2. The summed E-state index contributed by atoms with van der Waals surface area (Å²) in [5.41, 5.74) is 1.21. The second-order valence-corrected chi connectivity index (χ2v) is 7.22. The zero-order valence-corrected chi connectivity index (χ0v) is 13.5. The Hall–Kier alpha value is -1.44. The van der Waals surface area contributed by atoms with E-state index < -0.39 is 10.0 Å². The third-order valence-corrected chi connectivity index (χ3v) is 5.23. The van der Waals surface area contributed by atoms with Crippen molar-refractivity contribution in [2.24, 2.45) is 0 Å². The van der Waals surface area contributed by atoms with Crippen molar-refractivity contribution in [3.05, 3.63) is 29.3 Å². The van der Waals surface area contributed by atoms with Crippen LogP contribution in [-0.2, 0) is 10.0 Å². The third kappa shape index (κ3) is 3.85. The molecule has 2 rings (SSSR count). The largest absolute Gasteiger partial charge is 0.396 e. The molecule has 0 unspecified atom stereocenters. The Morgan fingerprint density at radius 2 is 2.00 bits per heavy atom. The number of nitrogens with zero attached hydrogens (tertiary/aromatic N) is 1. The fourth-order valence-corrected chi connectivity index (χ4v) is 3.56. The quantitative estimate of drug-likeness (QED) is 0.760. The second kappa shape index (κ2) is 7.21. The molecule has 1 aromatic rings. The number of benzene rings is 1. The van der Waals surface area contributed by atoms with Gasteiger partial charge in [-0.25, -0.2) is 13.1 Å². The molecule has 7 heteroatoms. The fraction of sp³-hybridized carbons (Fsp3) is 0.533. The van der Waals surface area contributed by atoms with Crippen LogP contribution in [0.15, 0.2) is 23.1 Å². The summed E-state index contributed by atoms with van der Waals surface area (Å²) in [6, 6.07) is 4.60. The number of rotatable bonds is 6. The molecule has 6 nitrogen and oxygen atoms in total. The number of hydrogen-bond acceptors (Lipinski definition) is 4. The van der Waals surface area contributed by atoms with E-state index in [4.69, 9.17) is 5.11 Å². The van der Waals surface area contributed by atoms with Crippen molar-refractivity contribution in [3.8, 4) is 0 Å². The normalized spacial score (nSPS) is 15.3. The first-order valence-electron chi connectivity index (χ1n) is 7.46. The van der Waals surface area contributed by atoms with Gasteiger partial charge < -0.3 is 10.0 Å². The second-order valence-electron chi connectivity index (χ2n) is 5.45. The summed E-state index contributed by atoms with van der Waals surface area (Å²) in [5, 5.41) is 8.72. The molecule has 1 fully saturated rings. The molecule has 1 aliphatic heterocycles. The van der Waals surface area contributed by atoms with Gasteiger partial charge in [0.1, 0.15) is 0 Å². The van der Waals surface area contributed by atoms with Gasteiger partial charge in [0.05, 0.1) is 4.90 Å². The van der Waals surface area contributed by atoms with Crippen LogP contribution < -0.4 is 4.72 Å². The topological polar surface area (TPSA) is 86.7 Å². The zero-order valence-electron chi connectivity index (χ0n) is 12.7. The van der Waals surface area contributed by atoms with Crippen molar-refractivity contribution in [1.29, 1.82) is 0 Å². The summed E-state index contributed by atoms with van der Waals surface area (Å²) in [4.78, 5) is 14.3. The highest BCUT2D eigenvalue weighted by atomic mass is 32.2. The van der Waals surface area contributed by atoms with Crippen molar-refractivity contribution < 1.29 is 18.3 Å². The van der Waals surface area contributed by atoms with Gasteiger partial charge in [-0.2, -0.15) is 0 Å². The molecule has 122 valence electrons. The summed E-state index contributed by atoms with van der Waals surface area (Å²) < 4.78 is 26.8. The van der Waals surface area contributed by atoms with E-state index in [0.717, 1.165) is 31.5 Å². The molecule has 0 bridgehead atoms. The first kappa shape index (κ1) is 16.9. The number of hydrogen-bond donors (Lipinski definition) is 2. The van der Waals surface area contributed by atoms with Gasteiger partial charge in [0, 0.05) is 31.8 Å². The van der Waals surface area contributed by atoms with E-state index in [0.29, 0.717) is 12.0 Å². The Kier molecular flexibility index (Phi) is 5.55. The number of carbonyl (C=O) groups excluding carboxylic acids is 1. The molecule has 0 aliphatic carbocycles. The maximum Gasteiger partial charge on any atom is 0.254 e. The van der Waals surface area contributed by atoms with Crippen molar-refractivity contribution >= 4 is 15.9 Å². The lowest BCUT2D eigenvalue weighted by Crippen LogP contribution is -2.29. The molecule has 0 spiro atoms. The van der Waals surface area contributed by atoms with Gasteiger partial charge in [0.2, 0.25) is 10.0 Å². The number of aryl methyl sites for hydroxylation is 1. The lowest BCUT2D eigenvalue weighted by Gasteiger charge is -2.17. The number of amides is 1. The molecule has 1 amide bonds. The fourth-order valence-electron chi connectivity index (χ4n) is 2.46. The first-order chi connectivity index (χ1) is 10.5. The number of sulfonamides is 1. The minimum absolute atomic E-state index is 0.0743. The highest BCUT2D eigenvalue weighted by Gasteiger charge is 2.23. The van der Waals surface area contributed by atoms with Crippen LogP contribution in [0.5, 0.6) is 0 Å². The van der Waals surface area contributed by atoms with Crippen LogP contribution in [0.2, 0.25) is 0 Å². The van der Waals surface area contributed by atoms with Crippen LogP contribution >= 0.6 is 0 Å². The molecule has 0 saturated carbocycles. The minimum Gasteiger partial charge on any atom is -0.396 e. The van der Waals surface area contributed by atoms with Crippen LogP contribution in [0.25, 0.3) is 0 Å². The predicted molar refractivity (Wildman–Crippen MR) is 83.2 cm³/mol. The lowest BCUT2D eigenvalue weighted by molar-refractivity contribution is 0.0792. The van der Waals surface area contributed by atoms with Crippen molar-refractivity contribution in [2.45, 2.75) is 31.1 Å². The predicted octanol–water partition coefficient (Wildman–Crippen LogP) is 0.892. The number of aliphatic hydroxyl groups is 1. The van der Waals surface area contributed by atoms with E-state index in [1.807, 2.05) is 0 Å². The monoisotopic (exact) mass is 326 g/mol. The highest BCUT2D eigenvalue weighted by Crippen LogP contribution is 2.19. The number of aliphatic hydroxyl groups excluding tert-OH is 1. The Morgan fingerprint density at radius 3 is 2.64 bits per heavy atom. The van der Waals surface area contributed by atoms with E-state index in [9.17, 15) is 13.2 Å². The lowest BCUT2D eigenvalue weighted by atomic mass is 10.1. The molecule has 22 heavy (non-hydrogen) atoms. The Morgan fingerprint density at radius 1 is 1.32 bits per heavy atom. The maximum absolute atomic E-state index is 12.5. The summed E-state index contributed by atoms with van der Waals surface area (Å²) in [5.74, 6) is -0.109. The standard InChI is InChI=1S/C15H22N2O4S/c1-12-5-6-13(22(20,21)16-7-4-10-18)11-14(12)15(19)17-8-2-3-9-17/h5-6,11,16,18H,2-4,7-10H2,1H3. The van der Waals surface area contributed by atoms with Crippen molar-refractivity contribution in [2.75, 3.05) is 26.2 Å². The SMILES string of the molecule is Cc1ccc(S(=O)(=O)NCCCO)cc1C(=O)N1CCCC1. The average molecular weight is 326 g/mol. The van der Waals surface area contributed by atoms with Gasteiger partial charge in [-0.3, -0.25) is 4.79 Å². The molecule has 1 aromatic carbocycles. The molecule has 2 N–H and O–H groups in total. The van der Waals surface area contributed by atoms with E-state index in [-0.39, 0.29) is 24.0 Å². The van der Waals surface area contributed by atoms with Crippen LogP contribution in [0.1, 0.15) is 35.2 Å².